The average molecular weight is 391 g/mol. The van der Waals surface area contributed by atoms with Gasteiger partial charge in [-0.3, -0.25) is 9.89 Å². The minimum absolute atomic E-state index is 0.0155. The molecule has 6 heteroatoms. The van der Waals surface area contributed by atoms with Crippen molar-refractivity contribution >= 4 is 23.6 Å². The molecule has 0 aliphatic heterocycles. The van der Waals surface area contributed by atoms with E-state index in [2.05, 4.69) is 22.4 Å². The maximum atomic E-state index is 12.4. The summed E-state index contributed by atoms with van der Waals surface area (Å²) in [5.74, 6) is -0.439. The lowest BCUT2D eigenvalue weighted by Crippen LogP contribution is -2.23. The Morgan fingerprint density at radius 3 is 2.50 bits per heavy atom. The molecule has 1 heterocycles. The molecule has 0 radical (unpaired) electrons. The first kappa shape index (κ1) is 19.4. The quantitative estimate of drug-likeness (QED) is 0.479. The minimum atomic E-state index is -0.439. The lowest BCUT2D eigenvalue weighted by molar-refractivity contribution is -0.117. The number of nitriles is 1. The second-order valence-corrected chi connectivity index (χ2v) is 6.67. The molecule has 0 bridgehead atoms. The first-order valence-electron chi connectivity index (χ1n) is 8.88. The van der Waals surface area contributed by atoms with E-state index in [0.29, 0.717) is 17.1 Å². The van der Waals surface area contributed by atoms with Gasteiger partial charge >= 0.3 is 0 Å². The molecule has 2 N–H and O–H groups in total. The third kappa shape index (κ3) is 4.67. The highest BCUT2D eigenvalue weighted by molar-refractivity contribution is 6.30. The highest BCUT2D eigenvalue weighted by Gasteiger charge is 2.12. The largest absolute Gasteiger partial charge is 0.347 e. The molecule has 1 amide bonds. The predicted molar refractivity (Wildman–Crippen MR) is 110 cm³/mol. The van der Waals surface area contributed by atoms with Gasteiger partial charge in [0.05, 0.1) is 11.9 Å². The second-order valence-electron chi connectivity index (χ2n) is 6.23. The van der Waals surface area contributed by atoms with E-state index in [1.807, 2.05) is 42.5 Å². The summed E-state index contributed by atoms with van der Waals surface area (Å²) in [6.45, 7) is 2.41. The van der Waals surface area contributed by atoms with Crippen LogP contribution in [0.2, 0.25) is 5.02 Å². The SMILES string of the molecule is CCc1ccc(-c2[nH]ncc2/C=C(\C#N)C(=O)NCc2ccc(Cl)cc2)cc1. The number of carbonyl (C=O) groups excluding carboxylic acids is 1. The van der Waals surface area contributed by atoms with Gasteiger partial charge in [0.2, 0.25) is 0 Å². The van der Waals surface area contributed by atoms with Gasteiger partial charge in [-0.2, -0.15) is 10.4 Å². The Labute approximate surface area is 168 Å². The van der Waals surface area contributed by atoms with Crippen LogP contribution in [0.4, 0.5) is 0 Å². The fraction of sp³-hybridized carbons (Fsp3) is 0.136. The van der Waals surface area contributed by atoms with Crippen LogP contribution in [0, 0.1) is 11.3 Å². The van der Waals surface area contributed by atoms with Crippen LogP contribution in [0.15, 0.2) is 60.3 Å². The highest BCUT2D eigenvalue weighted by Crippen LogP contribution is 2.23. The zero-order valence-corrected chi connectivity index (χ0v) is 16.1. The Balaban J connectivity index is 1.77. The molecule has 0 saturated heterocycles. The van der Waals surface area contributed by atoms with Crippen LogP contribution in [0.3, 0.4) is 0 Å². The minimum Gasteiger partial charge on any atom is -0.347 e. The Morgan fingerprint density at radius 1 is 1.18 bits per heavy atom. The summed E-state index contributed by atoms with van der Waals surface area (Å²) in [7, 11) is 0. The van der Waals surface area contributed by atoms with Gasteiger partial charge in [0.15, 0.2) is 0 Å². The van der Waals surface area contributed by atoms with E-state index < -0.39 is 5.91 Å². The highest BCUT2D eigenvalue weighted by atomic mass is 35.5. The van der Waals surface area contributed by atoms with E-state index >= 15 is 0 Å². The summed E-state index contributed by atoms with van der Waals surface area (Å²) in [4.78, 5) is 12.4. The number of hydrogen-bond acceptors (Lipinski definition) is 3. The first-order valence-corrected chi connectivity index (χ1v) is 9.25. The maximum Gasteiger partial charge on any atom is 0.262 e. The number of nitrogens with one attached hydrogen (secondary N) is 2. The van der Waals surface area contributed by atoms with E-state index in [1.54, 1.807) is 24.4 Å². The first-order chi connectivity index (χ1) is 13.6. The molecule has 5 nitrogen and oxygen atoms in total. The fourth-order valence-electron chi connectivity index (χ4n) is 2.73. The normalized spacial score (nSPS) is 11.1. The Bertz CT molecular complexity index is 1030. The molecule has 2 aromatic carbocycles. The van der Waals surface area contributed by atoms with Crippen molar-refractivity contribution < 1.29 is 4.79 Å². The van der Waals surface area contributed by atoms with Gasteiger partial charge in [0.1, 0.15) is 11.6 Å². The monoisotopic (exact) mass is 390 g/mol. The molecule has 28 heavy (non-hydrogen) atoms. The maximum absolute atomic E-state index is 12.4. The van der Waals surface area contributed by atoms with Crippen molar-refractivity contribution in [3.05, 3.63) is 82.0 Å². The summed E-state index contributed by atoms with van der Waals surface area (Å²) in [5.41, 5.74) is 4.54. The van der Waals surface area contributed by atoms with Gasteiger partial charge in [-0.1, -0.05) is 54.9 Å². The van der Waals surface area contributed by atoms with Crippen molar-refractivity contribution in [3.63, 3.8) is 0 Å². The molecule has 0 unspecified atom stereocenters. The number of benzene rings is 2. The molecule has 140 valence electrons. The zero-order valence-electron chi connectivity index (χ0n) is 15.4. The number of nitrogens with zero attached hydrogens (tertiary/aromatic N) is 2. The molecule has 0 aliphatic carbocycles. The van der Waals surface area contributed by atoms with Crippen LogP contribution in [0.1, 0.15) is 23.6 Å². The molecule has 0 fully saturated rings. The smallest absolute Gasteiger partial charge is 0.262 e. The number of H-pyrrole nitrogens is 1. The van der Waals surface area contributed by atoms with E-state index in [9.17, 15) is 10.1 Å². The number of hydrogen-bond donors (Lipinski definition) is 2. The Kier molecular flexibility index (Phi) is 6.25. The summed E-state index contributed by atoms with van der Waals surface area (Å²) < 4.78 is 0. The molecule has 0 spiro atoms. The molecule has 3 rings (SSSR count). The third-order valence-corrected chi connectivity index (χ3v) is 4.60. The van der Waals surface area contributed by atoms with Gasteiger partial charge in [-0.15, -0.1) is 0 Å². The Hall–Kier alpha value is -3.36. The number of rotatable bonds is 6. The molecule has 3 aromatic rings. The van der Waals surface area contributed by atoms with Crippen LogP contribution in [0.25, 0.3) is 17.3 Å². The van der Waals surface area contributed by atoms with Crippen molar-refractivity contribution in [2.75, 3.05) is 0 Å². The van der Waals surface area contributed by atoms with Gasteiger partial charge in [0.25, 0.3) is 5.91 Å². The van der Waals surface area contributed by atoms with Gasteiger partial charge in [0, 0.05) is 22.7 Å². The lowest BCUT2D eigenvalue weighted by Gasteiger charge is -2.05. The van der Waals surface area contributed by atoms with Crippen molar-refractivity contribution in [1.29, 1.82) is 5.26 Å². The molecule has 0 saturated carbocycles. The van der Waals surface area contributed by atoms with Gasteiger partial charge < -0.3 is 5.32 Å². The third-order valence-electron chi connectivity index (χ3n) is 4.35. The van der Waals surface area contributed by atoms with Crippen LogP contribution in [-0.4, -0.2) is 16.1 Å². The van der Waals surface area contributed by atoms with Gasteiger partial charge in [-0.05, 0) is 35.8 Å². The standard InChI is InChI=1S/C22H19ClN4O/c1-2-15-3-7-17(8-4-15)21-19(14-26-27-21)11-18(12-24)22(28)25-13-16-5-9-20(23)10-6-16/h3-11,14H,2,13H2,1H3,(H,25,28)(H,26,27)/b18-11+. The average Bonchev–Trinajstić information content (AvgIpc) is 3.19. The van der Waals surface area contributed by atoms with Crippen LogP contribution in [-0.2, 0) is 17.8 Å². The summed E-state index contributed by atoms with van der Waals surface area (Å²) >= 11 is 5.86. The second kappa shape index (κ2) is 9.03. The van der Waals surface area contributed by atoms with Crippen molar-refractivity contribution in [1.82, 2.24) is 15.5 Å². The summed E-state index contributed by atoms with van der Waals surface area (Å²) in [6.07, 6.45) is 4.11. The number of halogens is 1. The van der Waals surface area contributed by atoms with E-state index in [4.69, 9.17) is 11.6 Å². The molecular weight excluding hydrogens is 372 g/mol. The topological polar surface area (TPSA) is 81.6 Å². The van der Waals surface area contributed by atoms with Crippen LogP contribution < -0.4 is 5.32 Å². The molecular formula is C22H19ClN4O. The molecule has 1 aromatic heterocycles. The van der Waals surface area contributed by atoms with Gasteiger partial charge in [-0.25, -0.2) is 0 Å². The summed E-state index contributed by atoms with van der Waals surface area (Å²) in [6, 6.07) is 17.2. The zero-order chi connectivity index (χ0) is 19.9. The van der Waals surface area contributed by atoms with Crippen molar-refractivity contribution in [2.45, 2.75) is 19.9 Å². The predicted octanol–water partition coefficient (Wildman–Crippen LogP) is 4.52. The number of aromatic amines is 1. The van der Waals surface area contributed by atoms with Crippen LogP contribution >= 0.6 is 11.6 Å². The fourth-order valence-corrected chi connectivity index (χ4v) is 2.85. The number of amides is 1. The Morgan fingerprint density at radius 2 is 1.86 bits per heavy atom. The van der Waals surface area contributed by atoms with Crippen LogP contribution in [0.5, 0.6) is 0 Å². The van der Waals surface area contributed by atoms with E-state index in [0.717, 1.165) is 23.2 Å². The van der Waals surface area contributed by atoms with Crippen molar-refractivity contribution in [3.8, 4) is 17.3 Å². The number of carbonyl (C=O) groups is 1. The van der Waals surface area contributed by atoms with Crippen molar-refractivity contribution in [2.24, 2.45) is 0 Å². The summed E-state index contributed by atoms with van der Waals surface area (Å²) in [5, 5.41) is 19.8. The molecule has 0 aliphatic rings. The number of aryl methyl sites for hydroxylation is 1. The van der Waals surface area contributed by atoms with E-state index in [-0.39, 0.29) is 5.57 Å². The van der Waals surface area contributed by atoms with E-state index in [1.165, 1.54) is 5.56 Å². The molecule has 0 atom stereocenters. The number of aromatic nitrogens is 2. The lowest BCUT2D eigenvalue weighted by atomic mass is 10.0.